The van der Waals surface area contributed by atoms with Crippen LogP contribution in [0.3, 0.4) is 0 Å². The number of carbonyl (C=O) groups excluding carboxylic acids is 1. The fourth-order valence-electron chi connectivity index (χ4n) is 1.55. The lowest BCUT2D eigenvalue weighted by atomic mass is 9.93. The fraction of sp³-hybridized carbons (Fsp3) is 0.417. The van der Waals surface area contributed by atoms with E-state index in [2.05, 4.69) is 27.9 Å². The highest BCUT2D eigenvalue weighted by Gasteiger charge is 2.19. The van der Waals surface area contributed by atoms with Gasteiger partial charge in [0.05, 0.1) is 3.57 Å². The van der Waals surface area contributed by atoms with Gasteiger partial charge in [-0.2, -0.15) is 0 Å². The lowest BCUT2D eigenvalue weighted by Gasteiger charge is -2.26. The Hall–Kier alpha value is -0.490. The Kier molecular flexibility index (Phi) is 4.50. The molecule has 2 rings (SSSR count). The van der Waals surface area contributed by atoms with E-state index in [0.717, 1.165) is 16.4 Å². The molecule has 1 fully saturated rings. The van der Waals surface area contributed by atoms with E-state index in [0.29, 0.717) is 16.8 Å². The molecule has 0 bridgehead atoms. The number of ether oxygens (including phenoxy) is 1. The molecule has 0 radical (unpaired) electrons. The Morgan fingerprint density at radius 2 is 2.29 bits per heavy atom. The summed E-state index contributed by atoms with van der Waals surface area (Å²) in [5, 5.41) is 3.53. The standard InChI is InChI=1S/C12H13ClINO2/c13-8-4-5-10(14)11(6-8)17-7-12(16)15-9-2-1-3-9/h4-6,9H,1-3,7H2,(H,15,16). The minimum Gasteiger partial charge on any atom is -0.483 e. The van der Waals surface area contributed by atoms with E-state index in [4.69, 9.17) is 16.3 Å². The van der Waals surface area contributed by atoms with Gasteiger partial charge in [0.15, 0.2) is 6.61 Å². The van der Waals surface area contributed by atoms with Crippen LogP contribution in [-0.4, -0.2) is 18.6 Å². The molecule has 1 N–H and O–H groups in total. The topological polar surface area (TPSA) is 38.3 Å². The maximum absolute atomic E-state index is 11.5. The number of benzene rings is 1. The number of halogens is 2. The molecule has 0 aromatic heterocycles. The van der Waals surface area contributed by atoms with E-state index >= 15 is 0 Å². The van der Waals surface area contributed by atoms with Gasteiger partial charge in [0, 0.05) is 11.1 Å². The summed E-state index contributed by atoms with van der Waals surface area (Å²) >= 11 is 8.02. The highest BCUT2D eigenvalue weighted by Crippen LogP contribution is 2.24. The molecule has 0 spiro atoms. The molecule has 1 aliphatic carbocycles. The maximum Gasteiger partial charge on any atom is 0.258 e. The van der Waals surface area contributed by atoms with Gasteiger partial charge in [0.25, 0.3) is 5.91 Å². The Labute approximate surface area is 119 Å². The second-order valence-corrected chi connectivity index (χ2v) is 5.66. The zero-order valence-corrected chi connectivity index (χ0v) is 12.1. The molecule has 0 aliphatic heterocycles. The van der Waals surface area contributed by atoms with E-state index in [1.807, 2.05) is 6.07 Å². The largest absolute Gasteiger partial charge is 0.483 e. The molecule has 1 amide bonds. The smallest absolute Gasteiger partial charge is 0.258 e. The van der Waals surface area contributed by atoms with E-state index in [1.165, 1.54) is 6.42 Å². The number of nitrogens with one attached hydrogen (secondary N) is 1. The van der Waals surface area contributed by atoms with Crippen molar-refractivity contribution in [3.63, 3.8) is 0 Å². The average molecular weight is 366 g/mol. The monoisotopic (exact) mass is 365 g/mol. The first kappa shape index (κ1) is 13.0. The van der Waals surface area contributed by atoms with Gasteiger partial charge in [-0.3, -0.25) is 4.79 Å². The second-order valence-electron chi connectivity index (χ2n) is 4.06. The van der Waals surface area contributed by atoms with Gasteiger partial charge < -0.3 is 10.1 Å². The first-order valence-electron chi connectivity index (χ1n) is 5.52. The molecular formula is C12H13ClINO2. The van der Waals surface area contributed by atoms with Gasteiger partial charge in [0.1, 0.15) is 5.75 Å². The second kappa shape index (κ2) is 5.91. The molecule has 17 heavy (non-hydrogen) atoms. The molecule has 1 aromatic carbocycles. The first-order chi connectivity index (χ1) is 8.15. The van der Waals surface area contributed by atoms with Gasteiger partial charge in [0.2, 0.25) is 0 Å². The zero-order chi connectivity index (χ0) is 12.3. The quantitative estimate of drug-likeness (QED) is 0.833. The molecule has 1 saturated carbocycles. The summed E-state index contributed by atoms with van der Waals surface area (Å²) in [5.41, 5.74) is 0. The molecule has 3 nitrogen and oxygen atoms in total. The number of rotatable bonds is 4. The predicted octanol–water partition coefficient (Wildman–Crippen LogP) is 2.99. The van der Waals surface area contributed by atoms with Crippen molar-refractivity contribution in [2.24, 2.45) is 0 Å². The number of hydrogen-bond donors (Lipinski definition) is 1. The maximum atomic E-state index is 11.5. The molecular weight excluding hydrogens is 352 g/mol. The van der Waals surface area contributed by atoms with Crippen LogP contribution in [0.2, 0.25) is 5.02 Å². The Bertz CT molecular complexity index is 421. The van der Waals surface area contributed by atoms with Crippen molar-refractivity contribution in [2.75, 3.05) is 6.61 Å². The molecule has 0 saturated heterocycles. The average Bonchev–Trinajstić information content (AvgIpc) is 2.25. The first-order valence-corrected chi connectivity index (χ1v) is 6.98. The third-order valence-electron chi connectivity index (χ3n) is 2.72. The van der Waals surface area contributed by atoms with Crippen LogP contribution in [0, 0.1) is 3.57 Å². The number of hydrogen-bond acceptors (Lipinski definition) is 2. The minimum atomic E-state index is -0.0644. The summed E-state index contributed by atoms with van der Waals surface area (Å²) in [5.74, 6) is 0.590. The molecule has 0 heterocycles. The Morgan fingerprint density at radius 3 is 2.94 bits per heavy atom. The van der Waals surface area contributed by atoms with Crippen molar-refractivity contribution in [1.82, 2.24) is 5.32 Å². The summed E-state index contributed by atoms with van der Waals surface area (Å²) in [6.45, 7) is 0.0485. The summed E-state index contributed by atoms with van der Waals surface area (Å²) in [6, 6.07) is 5.73. The van der Waals surface area contributed by atoms with Crippen LogP contribution in [0.25, 0.3) is 0 Å². The van der Waals surface area contributed by atoms with Gasteiger partial charge in [-0.1, -0.05) is 11.6 Å². The van der Waals surface area contributed by atoms with Crippen LogP contribution in [0.4, 0.5) is 0 Å². The molecule has 0 atom stereocenters. The van der Waals surface area contributed by atoms with E-state index < -0.39 is 0 Å². The molecule has 1 aliphatic rings. The van der Waals surface area contributed by atoms with Crippen LogP contribution in [0.15, 0.2) is 18.2 Å². The van der Waals surface area contributed by atoms with Crippen molar-refractivity contribution in [1.29, 1.82) is 0 Å². The SMILES string of the molecule is O=C(COc1cc(Cl)ccc1I)NC1CCC1. The van der Waals surface area contributed by atoms with E-state index in [-0.39, 0.29) is 12.5 Å². The zero-order valence-electron chi connectivity index (χ0n) is 9.21. The van der Waals surface area contributed by atoms with E-state index in [1.54, 1.807) is 12.1 Å². The summed E-state index contributed by atoms with van der Waals surface area (Å²) in [4.78, 5) is 11.5. The lowest BCUT2D eigenvalue weighted by Crippen LogP contribution is -2.41. The Morgan fingerprint density at radius 1 is 1.53 bits per heavy atom. The molecule has 92 valence electrons. The Balaban J connectivity index is 1.83. The van der Waals surface area contributed by atoms with Gasteiger partial charge >= 0.3 is 0 Å². The number of amides is 1. The third-order valence-corrected chi connectivity index (χ3v) is 3.85. The molecule has 0 unspecified atom stereocenters. The van der Waals surface area contributed by atoms with Crippen molar-refractivity contribution in [3.05, 3.63) is 26.8 Å². The summed E-state index contributed by atoms with van der Waals surface area (Å²) < 4.78 is 6.39. The highest BCUT2D eigenvalue weighted by atomic mass is 127. The van der Waals surface area contributed by atoms with Crippen LogP contribution in [-0.2, 0) is 4.79 Å². The lowest BCUT2D eigenvalue weighted by molar-refractivity contribution is -0.124. The van der Waals surface area contributed by atoms with Crippen LogP contribution >= 0.6 is 34.2 Å². The number of carbonyl (C=O) groups is 1. The van der Waals surface area contributed by atoms with Crippen molar-refractivity contribution in [2.45, 2.75) is 25.3 Å². The van der Waals surface area contributed by atoms with Crippen molar-refractivity contribution in [3.8, 4) is 5.75 Å². The third kappa shape index (κ3) is 3.74. The van der Waals surface area contributed by atoms with Crippen molar-refractivity contribution >= 4 is 40.1 Å². The van der Waals surface area contributed by atoms with Gasteiger partial charge in [-0.05, 0) is 60.1 Å². The van der Waals surface area contributed by atoms with Gasteiger partial charge in [-0.25, -0.2) is 0 Å². The normalized spacial score (nSPS) is 15.2. The molecule has 1 aromatic rings. The van der Waals surface area contributed by atoms with E-state index in [9.17, 15) is 4.79 Å². The van der Waals surface area contributed by atoms with Crippen LogP contribution < -0.4 is 10.1 Å². The van der Waals surface area contributed by atoms with Gasteiger partial charge in [-0.15, -0.1) is 0 Å². The van der Waals surface area contributed by atoms with Crippen LogP contribution in [0.1, 0.15) is 19.3 Å². The predicted molar refractivity (Wildman–Crippen MR) is 75.4 cm³/mol. The summed E-state index contributed by atoms with van der Waals surface area (Å²) in [7, 11) is 0. The molecule has 5 heteroatoms. The van der Waals surface area contributed by atoms with Crippen LogP contribution in [0.5, 0.6) is 5.75 Å². The highest BCUT2D eigenvalue weighted by molar-refractivity contribution is 14.1. The minimum absolute atomic E-state index is 0.0485. The fourth-order valence-corrected chi connectivity index (χ4v) is 2.21. The summed E-state index contributed by atoms with van der Waals surface area (Å²) in [6.07, 6.45) is 3.37. The van der Waals surface area contributed by atoms with Crippen molar-refractivity contribution < 1.29 is 9.53 Å².